The van der Waals surface area contributed by atoms with Crippen molar-refractivity contribution in [3.05, 3.63) is 75.7 Å². The second-order valence-electron chi connectivity index (χ2n) is 6.37. The molecule has 1 aliphatic heterocycles. The zero-order chi connectivity index (χ0) is 17.9. The maximum Gasteiger partial charge on any atom is 0.161 e. The van der Waals surface area contributed by atoms with Crippen LogP contribution in [0.4, 0.5) is 0 Å². The van der Waals surface area contributed by atoms with Crippen molar-refractivity contribution >= 4 is 11.3 Å². The summed E-state index contributed by atoms with van der Waals surface area (Å²) in [4.78, 5) is 8.37. The van der Waals surface area contributed by atoms with Crippen molar-refractivity contribution in [2.24, 2.45) is 0 Å². The minimum Gasteiger partial charge on any atom is -0.493 e. The van der Waals surface area contributed by atoms with E-state index in [-0.39, 0.29) is 6.04 Å². The fourth-order valence-corrected chi connectivity index (χ4v) is 4.52. The molecule has 5 heteroatoms. The monoisotopic (exact) mass is 366 g/mol. The summed E-state index contributed by atoms with van der Waals surface area (Å²) >= 11 is 1.80. The van der Waals surface area contributed by atoms with Gasteiger partial charge in [0.15, 0.2) is 11.5 Å². The third kappa shape index (κ3) is 3.20. The highest BCUT2D eigenvalue weighted by atomic mass is 32.1. The van der Waals surface area contributed by atoms with Crippen LogP contribution < -0.4 is 9.47 Å². The van der Waals surface area contributed by atoms with Crippen LogP contribution in [0.15, 0.2) is 54.0 Å². The second-order valence-corrected chi connectivity index (χ2v) is 7.34. The Morgan fingerprint density at radius 3 is 2.65 bits per heavy atom. The van der Waals surface area contributed by atoms with Crippen molar-refractivity contribution in [2.45, 2.75) is 19.0 Å². The van der Waals surface area contributed by atoms with Crippen LogP contribution in [0.3, 0.4) is 0 Å². The van der Waals surface area contributed by atoms with Crippen molar-refractivity contribution < 1.29 is 9.47 Å². The van der Waals surface area contributed by atoms with Gasteiger partial charge in [0.25, 0.3) is 0 Å². The topological polar surface area (TPSA) is 34.6 Å². The van der Waals surface area contributed by atoms with Crippen molar-refractivity contribution in [3.63, 3.8) is 0 Å². The lowest BCUT2D eigenvalue weighted by atomic mass is 9.90. The van der Waals surface area contributed by atoms with Gasteiger partial charge in [-0.1, -0.05) is 12.1 Å². The number of aromatic nitrogens is 1. The van der Waals surface area contributed by atoms with Crippen LogP contribution in [0.2, 0.25) is 0 Å². The molecule has 0 bridgehead atoms. The van der Waals surface area contributed by atoms with E-state index in [4.69, 9.17) is 9.47 Å². The summed E-state index contributed by atoms with van der Waals surface area (Å²) < 4.78 is 11.1. The van der Waals surface area contributed by atoms with Crippen molar-refractivity contribution in [3.8, 4) is 11.5 Å². The molecular formula is C21H22N2O2S. The number of nitrogens with zero attached hydrogens (tertiary/aromatic N) is 2. The van der Waals surface area contributed by atoms with E-state index in [2.05, 4.69) is 45.6 Å². The first-order valence-corrected chi connectivity index (χ1v) is 9.60. The molecule has 0 saturated carbocycles. The molecule has 0 saturated heterocycles. The van der Waals surface area contributed by atoms with E-state index in [1.54, 1.807) is 25.6 Å². The van der Waals surface area contributed by atoms with Crippen LogP contribution in [0, 0.1) is 0 Å². The van der Waals surface area contributed by atoms with E-state index in [9.17, 15) is 0 Å². The number of rotatable bonds is 5. The van der Waals surface area contributed by atoms with Gasteiger partial charge in [-0.2, -0.15) is 0 Å². The van der Waals surface area contributed by atoms with Crippen LogP contribution in [-0.4, -0.2) is 30.6 Å². The summed E-state index contributed by atoms with van der Waals surface area (Å²) in [6.45, 7) is 1.82. The summed E-state index contributed by atoms with van der Waals surface area (Å²) in [5.41, 5.74) is 3.73. The minimum atomic E-state index is 0.209. The Balaban J connectivity index is 1.77. The minimum absolute atomic E-state index is 0.209. The first-order chi connectivity index (χ1) is 12.8. The van der Waals surface area contributed by atoms with Crippen molar-refractivity contribution in [2.75, 3.05) is 20.8 Å². The number of fused-ring (bicyclic) bond motifs is 1. The molecule has 0 aliphatic carbocycles. The van der Waals surface area contributed by atoms with E-state index in [0.29, 0.717) is 0 Å². The van der Waals surface area contributed by atoms with Gasteiger partial charge in [0.2, 0.25) is 0 Å². The van der Waals surface area contributed by atoms with Crippen LogP contribution in [0.5, 0.6) is 11.5 Å². The fourth-order valence-electron chi connectivity index (χ4n) is 3.65. The van der Waals surface area contributed by atoms with Gasteiger partial charge in [-0.15, -0.1) is 11.3 Å². The highest BCUT2D eigenvalue weighted by molar-refractivity contribution is 7.10. The second kappa shape index (κ2) is 7.48. The molecule has 4 rings (SSSR count). The van der Waals surface area contributed by atoms with Crippen LogP contribution in [0.25, 0.3) is 0 Å². The Hall–Kier alpha value is -2.37. The highest BCUT2D eigenvalue weighted by Gasteiger charge is 2.31. The number of thiophene rings is 1. The molecule has 0 amide bonds. The van der Waals surface area contributed by atoms with Crippen LogP contribution in [-0.2, 0) is 13.0 Å². The molecule has 3 aromatic rings. The van der Waals surface area contributed by atoms with Gasteiger partial charge in [-0.05, 0) is 53.3 Å². The standard InChI is InChI=1S/C21H22N2O2S/c1-24-18-12-15-8-10-23(14-16-6-3-4-9-22-16)21(20-7-5-11-26-20)17(15)13-19(18)25-2/h3-7,9,11-13,21H,8,10,14H2,1-2H3. The average molecular weight is 366 g/mol. The average Bonchev–Trinajstić information content (AvgIpc) is 3.21. The van der Waals surface area contributed by atoms with Gasteiger partial charge in [0.1, 0.15) is 0 Å². The zero-order valence-corrected chi connectivity index (χ0v) is 15.8. The summed E-state index contributed by atoms with van der Waals surface area (Å²) in [7, 11) is 3.39. The third-order valence-electron chi connectivity index (χ3n) is 4.88. The predicted molar refractivity (Wildman–Crippen MR) is 104 cm³/mol. The van der Waals surface area contributed by atoms with E-state index >= 15 is 0 Å². The summed E-state index contributed by atoms with van der Waals surface area (Å²) in [5.74, 6) is 1.59. The molecule has 134 valence electrons. The smallest absolute Gasteiger partial charge is 0.161 e. The first-order valence-electron chi connectivity index (χ1n) is 8.72. The van der Waals surface area contributed by atoms with E-state index in [0.717, 1.165) is 36.7 Å². The van der Waals surface area contributed by atoms with Gasteiger partial charge in [0.05, 0.1) is 26.0 Å². The highest BCUT2D eigenvalue weighted by Crippen LogP contribution is 2.42. The molecule has 0 spiro atoms. The molecule has 0 N–H and O–H groups in total. The lowest BCUT2D eigenvalue weighted by Crippen LogP contribution is -2.35. The predicted octanol–water partition coefficient (Wildman–Crippen LogP) is 4.31. The van der Waals surface area contributed by atoms with Crippen molar-refractivity contribution in [1.82, 2.24) is 9.88 Å². The first kappa shape index (κ1) is 17.1. The summed E-state index contributed by atoms with van der Waals surface area (Å²) in [5, 5.41) is 2.14. The lowest BCUT2D eigenvalue weighted by molar-refractivity contribution is 0.203. The molecule has 0 fully saturated rings. The van der Waals surface area contributed by atoms with E-state index in [1.165, 1.54) is 16.0 Å². The normalized spacial score (nSPS) is 16.9. The molecule has 1 aromatic carbocycles. The van der Waals surface area contributed by atoms with Crippen LogP contribution in [0.1, 0.15) is 27.7 Å². The number of hydrogen-bond donors (Lipinski definition) is 0. The fraction of sp³-hybridized carbons (Fsp3) is 0.286. The number of hydrogen-bond acceptors (Lipinski definition) is 5. The number of ether oxygens (including phenoxy) is 2. The van der Waals surface area contributed by atoms with Crippen molar-refractivity contribution in [1.29, 1.82) is 0 Å². The quantitative estimate of drug-likeness (QED) is 0.674. The number of pyridine rings is 1. The Labute approximate surface area is 158 Å². The molecule has 1 atom stereocenters. The molecule has 1 aliphatic rings. The van der Waals surface area contributed by atoms with Gasteiger partial charge in [-0.25, -0.2) is 0 Å². The largest absolute Gasteiger partial charge is 0.493 e. The third-order valence-corrected chi connectivity index (χ3v) is 5.80. The van der Waals surface area contributed by atoms with E-state index in [1.807, 2.05) is 18.3 Å². The SMILES string of the molecule is COc1cc2c(cc1OC)C(c1cccs1)N(Cc1ccccn1)CC2. The Morgan fingerprint density at radius 1 is 1.12 bits per heavy atom. The molecule has 2 aromatic heterocycles. The maximum atomic E-state index is 5.57. The molecule has 1 unspecified atom stereocenters. The van der Waals surface area contributed by atoms with Gasteiger partial charge in [0, 0.05) is 24.2 Å². The van der Waals surface area contributed by atoms with Gasteiger partial charge >= 0.3 is 0 Å². The summed E-state index contributed by atoms with van der Waals surface area (Å²) in [6, 6.07) is 14.9. The lowest BCUT2D eigenvalue weighted by Gasteiger charge is -2.37. The molecule has 4 nitrogen and oxygen atoms in total. The maximum absolute atomic E-state index is 5.57. The van der Waals surface area contributed by atoms with Gasteiger partial charge in [-0.3, -0.25) is 9.88 Å². The Morgan fingerprint density at radius 2 is 1.96 bits per heavy atom. The molecule has 3 heterocycles. The van der Waals surface area contributed by atoms with Crippen LogP contribution >= 0.6 is 11.3 Å². The molecule has 26 heavy (non-hydrogen) atoms. The molecule has 0 radical (unpaired) electrons. The van der Waals surface area contributed by atoms with E-state index < -0.39 is 0 Å². The summed E-state index contributed by atoms with van der Waals surface area (Å²) in [6.07, 6.45) is 2.85. The Bertz CT molecular complexity index is 865. The number of benzene rings is 1. The Kier molecular flexibility index (Phi) is 4.91. The zero-order valence-electron chi connectivity index (χ0n) is 15.0. The molecular weight excluding hydrogens is 344 g/mol. The number of methoxy groups -OCH3 is 2. The van der Waals surface area contributed by atoms with Gasteiger partial charge < -0.3 is 9.47 Å².